The van der Waals surface area contributed by atoms with E-state index in [4.69, 9.17) is 16.3 Å². The molecule has 1 aromatic heterocycles. The lowest BCUT2D eigenvalue weighted by molar-refractivity contribution is 0.128. The fourth-order valence-electron chi connectivity index (χ4n) is 1.93. The van der Waals surface area contributed by atoms with Crippen molar-refractivity contribution in [2.24, 2.45) is 5.92 Å². The average Bonchev–Trinajstić information content (AvgIpc) is 2.40. The van der Waals surface area contributed by atoms with Crippen molar-refractivity contribution in [1.29, 1.82) is 0 Å². The molecule has 6 heteroatoms. The molecule has 1 aromatic rings. The summed E-state index contributed by atoms with van der Waals surface area (Å²) in [6.07, 6.45) is 0. The third-order valence-corrected chi connectivity index (χ3v) is 3.08. The maximum absolute atomic E-state index is 6.13. The van der Waals surface area contributed by atoms with Gasteiger partial charge < -0.3 is 14.5 Å². The molecule has 0 bridgehead atoms. The number of ether oxygens (including phenoxy) is 1. The summed E-state index contributed by atoms with van der Waals surface area (Å²) in [7, 11) is 4.14. The number of rotatable bonds is 9. The van der Waals surface area contributed by atoms with Crippen LogP contribution in [0.4, 0.5) is 5.82 Å². The summed E-state index contributed by atoms with van der Waals surface area (Å²) in [5.74, 6) is 2.06. The lowest BCUT2D eigenvalue weighted by Crippen LogP contribution is -2.35. The fraction of sp³-hybridized carbons (Fsp3) is 0.733. The van der Waals surface area contributed by atoms with Crippen LogP contribution in [-0.2, 0) is 11.3 Å². The number of hydrogen-bond donors (Lipinski definition) is 0. The van der Waals surface area contributed by atoms with Gasteiger partial charge in [-0.1, -0.05) is 25.4 Å². The van der Waals surface area contributed by atoms with Gasteiger partial charge in [0.1, 0.15) is 17.6 Å². The Morgan fingerprint density at radius 1 is 1.24 bits per heavy atom. The largest absolute Gasteiger partial charge is 0.374 e. The summed E-state index contributed by atoms with van der Waals surface area (Å²) in [6.45, 7) is 10.2. The van der Waals surface area contributed by atoms with Crippen LogP contribution in [0.1, 0.15) is 26.6 Å². The molecule has 1 heterocycles. The van der Waals surface area contributed by atoms with Crippen LogP contribution in [-0.4, -0.2) is 55.2 Å². The Hall–Kier alpha value is -0.910. The second kappa shape index (κ2) is 9.18. The maximum atomic E-state index is 6.13. The van der Waals surface area contributed by atoms with Gasteiger partial charge in [-0.15, -0.1) is 0 Å². The van der Waals surface area contributed by atoms with E-state index in [9.17, 15) is 0 Å². The average molecular weight is 315 g/mol. The molecule has 0 radical (unpaired) electrons. The first-order chi connectivity index (χ1) is 9.92. The smallest absolute Gasteiger partial charge is 0.158 e. The molecular weight excluding hydrogens is 288 g/mol. The maximum Gasteiger partial charge on any atom is 0.158 e. The molecule has 21 heavy (non-hydrogen) atoms. The molecule has 1 rings (SSSR count). The molecule has 0 saturated heterocycles. The Balaban J connectivity index is 2.90. The van der Waals surface area contributed by atoms with E-state index in [0.717, 1.165) is 25.5 Å². The van der Waals surface area contributed by atoms with Crippen LogP contribution in [0, 0.1) is 5.92 Å². The van der Waals surface area contributed by atoms with E-state index >= 15 is 0 Å². The van der Waals surface area contributed by atoms with Gasteiger partial charge in [0.2, 0.25) is 0 Å². The third-order valence-electron chi connectivity index (χ3n) is 2.89. The van der Waals surface area contributed by atoms with Crippen molar-refractivity contribution in [3.05, 3.63) is 17.0 Å². The summed E-state index contributed by atoms with van der Waals surface area (Å²) < 4.78 is 5.38. The standard InChI is InChI=1S/C15H27ClN4O/c1-6-21-11-14-17-13(16)9-15(18-14)20(10-12(2)3)8-7-19(4)5/h9,12H,6-8,10-11H2,1-5H3. The monoisotopic (exact) mass is 314 g/mol. The van der Waals surface area contributed by atoms with Crippen molar-refractivity contribution < 1.29 is 4.74 Å². The summed E-state index contributed by atoms with van der Waals surface area (Å²) in [4.78, 5) is 13.2. The molecule has 0 aromatic carbocycles. The van der Waals surface area contributed by atoms with Gasteiger partial charge in [0.25, 0.3) is 0 Å². The van der Waals surface area contributed by atoms with E-state index in [2.05, 4.69) is 47.7 Å². The Bertz CT molecular complexity index is 426. The quantitative estimate of drug-likeness (QED) is 0.656. The molecule has 0 aliphatic rings. The summed E-state index contributed by atoms with van der Waals surface area (Å²) in [5, 5.41) is 0.466. The minimum atomic E-state index is 0.396. The van der Waals surface area contributed by atoms with Gasteiger partial charge in [-0.25, -0.2) is 9.97 Å². The predicted octanol–water partition coefficient (Wildman–Crippen LogP) is 2.69. The van der Waals surface area contributed by atoms with Gasteiger partial charge in [0.05, 0.1) is 0 Å². The molecule has 0 atom stereocenters. The molecule has 0 unspecified atom stereocenters. The summed E-state index contributed by atoms with van der Waals surface area (Å²) in [5.41, 5.74) is 0. The van der Waals surface area contributed by atoms with Gasteiger partial charge in [-0.3, -0.25) is 0 Å². The number of halogens is 1. The van der Waals surface area contributed by atoms with Crippen LogP contribution in [0.3, 0.4) is 0 Å². The van der Waals surface area contributed by atoms with Crippen LogP contribution < -0.4 is 4.90 Å². The molecule has 0 aliphatic heterocycles. The number of hydrogen-bond acceptors (Lipinski definition) is 5. The topological polar surface area (TPSA) is 41.5 Å². The fourth-order valence-corrected chi connectivity index (χ4v) is 2.13. The van der Waals surface area contributed by atoms with Crippen molar-refractivity contribution in [2.75, 3.05) is 45.2 Å². The predicted molar refractivity (Wildman–Crippen MR) is 88.0 cm³/mol. The summed E-state index contributed by atoms with van der Waals surface area (Å²) in [6, 6.07) is 1.83. The van der Waals surface area contributed by atoms with Crippen molar-refractivity contribution in [1.82, 2.24) is 14.9 Å². The molecule has 0 amide bonds. The number of aromatic nitrogens is 2. The van der Waals surface area contributed by atoms with Gasteiger partial charge in [0, 0.05) is 32.3 Å². The van der Waals surface area contributed by atoms with E-state index in [1.807, 2.05) is 13.0 Å². The van der Waals surface area contributed by atoms with E-state index in [0.29, 0.717) is 30.1 Å². The highest BCUT2D eigenvalue weighted by molar-refractivity contribution is 6.29. The Morgan fingerprint density at radius 3 is 2.52 bits per heavy atom. The first kappa shape index (κ1) is 18.1. The van der Waals surface area contributed by atoms with Gasteiger partial charge in [-0.05, 0) is 26.9 Å². The Labute approximate surface area is 133 Å². The third kappa shape index (κ3) is 7.07. The first-order valence-corrected chi connectivity index (χ1v) is 7.81. The van der Waals surface area contributed by atoms with Crippen molar-refractivity contribution in [3.8, 4) is 0 Å². The molecule has 5 nitrogen and oxygen atoms in total. The Morgan fingerprint density at radius 2 is 1.95 bits per heavy atom. The van der Waals surface area contributed by atoms with Crippen molar-refractivity contribution >= 4 is 17.4 Å². The molecule has 0 saturated carbocycles. The molecular formula is C15H27ClN4O. The lowest BCUT2D eigenvalue weighted by atomic mass is 10.2. The van der Waals surface area contributed by atoms with Gasteiger partial charge >= 0.3 is 0 Å². The van der Waals surface area contributed by atoms with Crippen LogP contribution in [0.15, 0.2) is 6.07 Å². The molecule has 0 fully saturated rings. The van der Waals surface area contributed by atoms with E-state index in [-0.39, 0.29) is 0 Å². The van der Waals surface area contributed by atoms with E-state index in [1.165, 1.54) is 0 Å². The highest BCUT2D eigenvalue weighted by Gasteiger charge is 2.13. The zero-order chi connectivity index (χ0) is 15.8. The summed E-state index contributed by atoms with van der Waals surface area (Å²) >= 11 is 6.13. The second-order valence-electron chi connectivity index (χ2n) is 5.75. The molecule has 0 N–H and O–H groups in total. The number of likely N-dealkylation sites (N-methyl/N-ethyl adjacent to an activating group) is 1. The minimum absolute atomic E-state index is 0.396. The SMILES string of the molecule is CCOCc1nc(Cl)cc(N(CCN(C)C)CC(C)C)n1. The van der Waals surface area contributed by atoms with Crippen LogP contribution in [0.2, 0.25) is 5.15 Å². The van der Waals surface area contributed by atoms with Crippen molar-refractivity contribution in [2.45, 2.75) is 27.4 Å². The van der Waals surface area contributed by atoms with Crippen LogP contribution >= 0.6 is 11.6 Å². The zero-order valence-electron chi connectivity index (χ0n) is 13.8. The molecule has 0 spiro atoms. The second-order valence-corrected chi connectivity index (χ2v) is 6.13. The van der Waals surface area contributed by atoms with Crippen molar-refractivity contribution in [3.63, 3.8) is 0 Å². The lowest BCUT2D eigenvalue weighted by Gasteiger charge is -2.27. The highest BCUT2D eigenvalue weighted by atomic mass is 35.5. The zero-order valence-corrected chi connectivity index (χ0v) is 14.5. The van der Waals surface area contributed by atoms with Crippen LogP contribution in [0.25, 0.3) is 0 Å². The normalized spacial score (nSPS) is 11.4. The Kier molecular flexibility index (Phi) is 7.93. The highest BCUT2D eigenvalue weighted by Crippen LogP contribution is 2.18. The van der Waals surface area contributed by atoms with E-state index in [1.54, 1.807) is 0 Å². The van der Waals surface area contributed by atoms with Gasteiger partial charge in [0.15, 0.2) is 5.82 Å². The number of anilines is 1. The first-order valence-electron chi connectivity index (χ1n) is 7.43. The minimum Gasteiger partial charge on any atom is -0.374 e. The molecule has 0 aliphatic carbocycles. The number of nitrogens with zero attached hydrogens (tertiary/aromatic N) is 4. The van der Waals surface area contributed by atoms with Crippen LogP contribution in [0.5, 0.6) is 0 Å². The van der Waals surface area contributed by atoms with Gasteiger partial charge in [-0.2, -0.15) is 0 Å². The van der Waals surface area contributed by atoms with E-state index < -0.39 is 0 Å². The molecule has 120 valence electrons.